The van der Waals surface area contributed by atoms with Gasteiger partial charge >= 0.3 is 0 Å². The summed E-state index contributed by atoms with van der Waals surface area (Å²) in [7, 11) is 0. The third-order valence-electron chi connectivity index (χ3n) is 4.05. The van der Waals surface area contributed by atoms with E-state index in [1.54, 1.807) is 18.3 Å². The van der Waals surface area contributed by atoms with Gasteiger partial charge in [0.25, 0.3) is 5.91 Å². The number of imidazole rings is 1. The van der Waals surface area contributed by atoms with Crippen LogP contribution in [0.2, 0.25) is 0 Å². The monoisotopic (exact) mass is 328 g/mol. The number of amides is 1. The number of fused-ring (bicyclic) bond motifs is 1. The third kappa shape index (κ3) is 2.99. The molecule has 25 heavy (non-hydrogen) atoms. The van der Waals surface area contributed by atoms with Crippen molar-refractivity contribution in [1.82, 2.24) is 14.4 Å². The van der Waals surface area contributed by atoms with Crippen LogP contribution in [0.25, 0.3) is 17.0 Å². The van der Waals surface area contributed by atoms with Gasteiger partial charge in [-0.15, -0.1) is 0 Å². The molecule has 4 rings (SSSR count). The summed E-state index contributed by atoms with van der Waals surface area (Å²) < 4.78 is 1.87. The zero-order chi connectivity index (χ0) is 17.2. The number of aromatic nitrogens is 3. The number of rotatable bonds is 3. The summed E-state index contributed by atoms with van der Waals surface area (Å²) in [5.74, 6) is 0.519. The van der Waals surface area contributed by atoms with Crippen LogP contribution >= 0.6 is 0 Å². The highest BCUT2D eigenvalue weighted by atomic mass is 16.1. The second-order valence-electron chi connectivity index (χ2n) is 5.80. The maximum Gasteiger partial charge on any atom is 0.255 e. The molecule has 5 heteroatoms. The normalized spacial score (nSPS) is 10.8. The van der Waals surface area contributed by atoms with Gasteiger partial charge in [0.05, 0.1) is 5.69 Å². The Balaban J connectivity index is 1.67. The summed E-state index contributed by atoms with van der Waals surface area (Å²) in [5, 5.41) is 2.98. The lowest BCUT2D eigenvalue weighted by atomic mass is 10.1. The Kier molecular flexibility index (Phi) is 3.74. The fourth-order valence-corrected chi connectivity index (χ4v) is 2.67. The van der Waals surface area contributed by atoms with Crippen molar-refractivity contribution in [3.05, 3.63) is 84.3 Å². The molecule has 4 aromatic rings. The predicted molar refractivity (Wildman–Crippen MR) is 97.6 cm³/mol. The van der Waals surface area contributed by atoms with Crippen LogP contribution < -0.4 is 5.32 Å². The van der Waals surface area contributed by atoms with E-state index < -0.39 is 0 Å². The van der Waals surface area contributed by atoms with Crippen molar-refractivity contribution in [2.24, 2.45) is 0 Å². The number of aryl methyl sites for hydroxylation is 1. The average Bonchev–Trinajstić information content (AvgIpc) is 3.08. The average molecular weight is 328 g/mol. The lowest BCUT2D eigenvalue weighted by molar-refractivity contribution is 0.102. The lowest BCUT2D eigenvalue weighted by Gasteiger charge is -2.10. The van der Waals surface area contributed by atoms with Gasteiger partial charge in [0.2, 0.25) is 5.78 Å². The van der Waals surface area contributed by atoms with Gasteiger partial charge in [0, 0.05) is 35.4 Å². The van der Waals surface area contributed by atoms with Gasteiger partial charge in [-0.05, 0) is 36.8 Å². The topological polar surface area (TPSA) is 59.3 Å². The van der Waals surface area contributed by atoms with Crippen LogP contribution in [0.4, 0.5) is 5.69 Å². The lowest BCUT2D eigenvalue weighted by Crippen LogP contribution is -2.12. The third-order valence-corrected chi connectivity index (χ3v) is 4.05. The first kappa shape index (κ1) is 15.1. The molecule has 0 saturated heterocycles. The molecule has 0 unspecified atom stereocenters. The number of carbonyl (C=O) groups excluding carboxylic acids is 1. The molecule has 2 heterocycles. The first-order chi connectivity index (χ1) is 12.2. The molecule has 0 radical (unpaired) electrons. The van der Waals surface area contributed by atoms with E-state index in [0.29, 0.717) is 11.3 Å². The first-order valence-corrected chi connectivity index (χ1v) is 7.98. The van der Waals surface area contributed by atoms with Crippen LogP contribution in [0.3, 0.4) is 0 Å². The summed E-state index contributed by atoms with van der Waals surface area (Å²) in [4.78, 5) is 21.2. The maximum absolute atomic E-state index is 12.4. The van der Waals surface area contributed by atoms with Crippen molar-refractivity contribution in [3.63, 3.8) is 0 Å². The Morgan fingerprint density at radius 2 is 1.92 bits per heavy atom. The van der Waals surface area contributed by atoms with E-state index in [0.717, 1.165) is 22.5 Å². The fourth-order valence-electron chi connectivity index (χ4n) is 2.67. The standard InChI is InChI=1S/C20H16N4O/c1-14-8-9-16(18-13-24-11-5-10-21-20(24)23-18)12-17(14)22-19(25)15-6-3-2-4-7-15/h2-13H,1H3,(H,22,25). The zero-order valence-corrected chi connectivity index (χ0v) is 13.7. The van der Waals surface area contributed by atoms with Crippen molar-refractivity contribution in [3.8, 4) is 11.3 Å². The summed E-state index contributed by atoms with van der Waals surface area (Å²) in [6.45, 7) is 1.97. The molecule has 0 saturated carbocycles. The number of anilines is 1. The Bertz CT molecular complexity index is 1020. The molecular formula is C20H16N4O. The van der Waals surface area contributed by atoms with Crippen molar-refractivity contribution in [2.75, 3.05) is 5.32 Å². The molecule has 1 N–H and O–H groups in total. The van der Waals surface area contributed by atoms with Gasteiger partial charge in [-0.2, -0.15) is 0 Å². The smallest absolute Gasteiger partial charge is 0.255 e. The molecule has 0 aliphatic carbocycles. The summed E-state index contributed by atoms with van der Waals surface area (Å²) >= 11 is 0. The molecule has 0 aliphatic heterocycles. The maximum atomic E-state index is 12.4. The van der Waals surface area contributed by atoms with E-state index in [4.69, 9.17) is 0 Å². The summed E-state index contributed by atoms with van der Waals surface area (Å²) in [6.07, 6.45) is 5.55. The largest absolute Gasteiger partial charge is 0.322 e. The molecule has 0 atom stereocenters. The molecule has 2 aromatic carbocycles. The number of hydrogen-bond acceptors (Lipinski definition) is 3. The summed E-state index contributed by atoms with van der Waals surface area (Å²) in [6, 6.07) is 17.0. The number of carbonyl (C=O) groups is 1. The molecule has 0 spiro atoms. The van der Waals surface area contributed by atoms with Gasteiger partial charge in [0.1, 0.15) is 0 Å². The van der Waals surface area contributed by atoms with E-state index in [9.17, 15) is 4.79 Å². The van der Waals surface area contributed by atoms with E-state index in [-0.39, 0.29) is 5.91 Å². The Morgan fingerprint density at radius 3 is 2.72 bits per heavy atom. The van der Waals surface area contributed by atoms with Gasteiger partial charge in [-0.1, -0.05) is 30.3 Å². The highest BCUT2D eigenvalue weighted by molar-refractivity contribution is 6.04. The van der Waals surface area contributed by atoms with Crippen molar-refractivity contribution >= 4 is 17.4 Å². The van der Waals surface area contributed by atoms with E-state index >= 15 is 0 Å². The highest BCUT2D eigenvalue weighted by Gasteiger charge is 2.10. The molecule has 122 valence electrons. The van der Waals surface area contributed by atoms with Gasteiger partial charge in [-0.25, -0.2) is 9.97 Å². The van der Waals surface area contributed by atoms with Crippen LogP contribution in [-0.2, 0) is 0 Å². The first-order valence-electron chi connectivity index (χ1n) is 7.98. The van der Waals surface area contributed by atoms with Gasteiger partial charge in [-0.3, -0.25) is 9.20 Å². The van der Waals surface area contributed by atoms with Crippen LogP contribution in [0.15, 0.2) is 73.2 Å². The van der Waals surface area contributed by atoms with E-state index in [2.05, 4.69) is 15.3 Å². The highest BCUT2D eigenvalue weighted by Crippen LogP contribution is 2.25. The zero-order valence-electron chi connectivity index (χ0n) is 13.7. The van der Waals surface area contributed by atoms with Crippen molar-refractivity contribution in [2.45, 2.75) is 6.92 Å². The van der Waals surface area contributed by atoms with Gasteiger partial charge in [0.15, 0.2) is 0 Å². The molecule has 2 aromatic heterocycles. The minimum Gasteiger partial charge on any atom is -0.322 e. The second-order valence-corrected chi connectivity index (χ2v) is 5.80. The Hall–Kier alpha value is -3.47. The van der Waals surface area contributed by atoms with E-state index in [1.807, 2.05) is 66.2 Å². The van der Waals surface area contributed by atoms with E-state index in [1.165, 1.54) is 0 Å². The predicted octanol–water partition coefficient (Wildman–Crippen LogP) is 3.96. The van der Waals surface area contributed by atoms with Gasteiger partial charge < -0.3 is 5.32 Å². The summed E-state index contributed by atoms with van der Waals surface area (Å²) in [5.41, 5.74) is 4.14. The quantitative estimate of drug-likeness (QED) is 0.619. The second kappa shape index (κ2) is 6.20. The molecule has 0 bridgehead atoms. The van der Waals surface area contributed by atoms with Crippen LogP contribution in [0.1, 0.15) is 15.9 Å². The number of hydrogen-bond donors (Lipinski definition) is 1. The number of nitrogens with one attached hydrogen (secondary N) is 1. The Labute approximate surface area is 145 Å². The minimum absolute atomic E-state index is 0.127. The molecule has 0 fully saturated rings. The molecular weight excluding hydrogens is 312 g/mol. The Morgan fingerprint density at radius 1 is 1.08 bits per heavy atom. The minimum atomic E-state index is -0.127. The molecule has 5 nitrogen and oxygen atoms in total. The van der Waals surface area contributed by atoms with Crippen LogP contribution in [-0.4, -0.2) is 20.3 Å². The SMILES string of the molecule is Cc1ccc(-c2cn3cccnc3n2)cc1NC(=O)c1ccccc1. The molecule has 1 amide bonds. The van der Waals surface area contributed by atoms with Crippen LogP contribution in [0.5, 0.6) is 0 Å². The fraction of sp³-hybridized carbons (Fsp3) is 0.0500. The number of benzene rings is 2. The number of nitrogens with zero attached hydrogens (tertiary/aromatic N) is 3. The molecule has 0 aliphatic rings. The van der Waals surface area contributed by atoms with Crippen LogP contribution in [0, 0.1) is 6.92 Å². The van der Waals surface area contributed by atoms with Crippen molar-refractivity contribution < 1.29 is 4.79 Å². The van der Waals surface area contributed by atoms with Crippen molar-refractivity contribution in [1.29, 1.82) is 0 Å².